The van der Waals surface area contributed by atoms with Crippen molar-refractivity contribution in [3.8, 4) is 0 Å². The topological polar surface area (TPSA) is 64.8 Å². The number of morpholine rings is 1. The van der Waals surface area contributed by atoms with Crippen LogP contribution in [-0.2, 0) is 14.3 Å². The number of ether oxygens (including phenoxy) is 2. The van der Waals surface area contributed by atoms with Crippen molar-refractivity contribution in [1.82, 2.24) is 4.90 Å². The Balaban J connectivity index is 1.95. The van der Waals surface area contributed by atoms with Gasteiger partial charge >= 0.3 is 5.97 Å². The lowest BCUT2D eigenvalue weighted by molar-refractivity contribution is -0.149. The van der Waals surface area contributed by atoms with Crippen LogP contribution in [0.15, 0.2) is 0 Å². The first-order chi connectivity index (χ1) is 8.94. The summed E-state index contributed by atoms with van der Waals surface area (Å²) < 4.78 is 10.8. The van der Waals surface area contributed by atoms with E-state index in [0.717, 1.165) is 25.9 Å². The van der Waals surface area contributed by atoms with E-state index in [1.807, 2.05) is 6.92 Å². The first-order valence-corrected chi connectivity index (χ1v) is 7.30. The molecule has 1 saturated heterocycles. The van der Waals surface area contributed by atoms with Gasteiger partial charge in [0, 0.05) is 19.1 Å². The lowest BCUT2D eigenvalue weighted by atomic mass is 9.98. The summed E-state index contributed by atoms with van der Waals surface area (Å²) in [5.74, 6) is -0.244. The van der Waals surface area contributed by atoms with Crippen LogP contribution in [0.1, 0.15) is 40.0 Å². The van der Waals surface area contributed by atoms with E-state index in [1.54, 1.807) is 0 Å². The normalized spacial score (nSPS) is 40.3. The Kier molecular flexibility index (Phi) is 4.48. The maximum Gasteiger partial charge on any atom is 0.326 e. The number of nitrogens with two attached hydrogens (primary N) is 1. The molecule has 1 aliphatic carbocycles. The number of rotatable bonds is 3. The molecule has 4 atom stereocenters. The fourth-order valence-corrected chi connectivity index (χ4v) is 3.34. The molecular weight excluding hydrogens is 244 g/mol. The molecule has 1 aliphatic heterocycles. The molecule has 0 bridgehead atoms. The van der Waals surface area contributed by atoms with Gasteiger partial charge in [-0.3, -0.25) is 9.69 Å². The van der Waals surface area contributed by atoms with Crippen molar-refractivity contribution in [2.75, 3.05) is 19.7 Å². The Labute approximate surface area is 115 Å². The lowest BCUT2D eigenvalue weighted by Crippen LogP contribution is -2.52. The Morgan fingerprint density at radius 3 is 2.63 bits per heavy atom. The van der Waals surface area contributed by atoms with Crippen LogP contribution in [-0.4, -0.2) is 54.4 Å². The van der Waals surface area contributed by atoms with Crippen LogP contribution in [0.25, 0.3) is 0 Å². The van der Waals surface area contributed by atoms with Gasteiger partial charge in [-0.25, -0.2) is 0 Å². The van der Waals surface area contributed by atoms with Gasteiger partial charge in [0.2, 0.25) is 0 Å². The molecule has 2 N–H and O–H groups in total. The van der Waals surface area contributed by atoms with Gasteiger partial charge in [0.15, 0.2) is 0 Å². The number of hydrogen-bond acceptors (Lipinski definition) is 5. The summed E-state index contributed by atoms with van der Waals surface area (Å²) in [6.45, 7) is 8.26. The molecule has 19 heavy (non-hydrogen) atoms. The van der Waals surface area contributed by atoms with Crippen LogP contribution in [0.2, 0.25) is 0 Å². The number of hydrogen-bond donors (Lipinski definition) is 1. The molecule has 5 heteroatoms. The second-order valence-corrected chi connectivity index (χ2v) is 5.98. The smallest absolute Gasteiger partial charge is 0.326 e. The summed E-state index contributed by atoms with van der Waals surface area (Å²) in [5, 5.41) is 0. The van der Waals surface area contributed by atoms with E-state index in [0.29, 0.717) is 19.1 Å². The van der Waals surface area contributed by atoms with Crippen LogP contribution in [0.4, 0.5) is 0 Å². The van der Waals surface area contributed by atoms with Gasteiger partial charge in [-0.1, -0.05) is 0 Å². The van der Waals surface area contributed by atoms with Crippen LogP contribution in [0.3, 0.4) is 0 Å². The molecule has 5 nitrogen and oxygen atoms in total. The van der Waals surface area contributed by atoms with E-state index in [1.165, 1.54) is 0 Å². The van der Waals surface area contributed by atoms with E-state index in [-0.39, 0.29) is 18.2 Å². The van der Waals surface area contributed by atoms with Gasteiger partial charge in [-0.15, -0.1) is 0 Å². The highest BCUT2D eigenvalue weighted by atomic mass is 16.5. The molecule has 4 unspecified atom stereocenters. The second-order valence-electron chi connectivity index (χ2n) is 5.98. The molecular formula is C14H26N2O3. The van der Waals surface area contributed by atoms with Gasteiger partial charge in [0.05, 0.1) is 18.8 Å². The molecule has 110 valence electrons. The summed E-state index contributed by atoms with van der Waals surface area (Å²) in [5.41, 5.74) is 5.44. The number of carbonyl (C=O) groups is 1. The highest BCUT2D eigenvalue weighted by Gasteiger charge is 2.45. The molecule has 2 fully saturated rings. The Morgan fingerprint density at radius 2 is 2.05 bits per heavy atom. The largest absolute Gasteiger partial charge is 0.465 e. The van der Waals surface area contributed by atoms with E-state index in [4.69, 9.17) is 15.2 Å². The molecule has 0 aromatic rings. The first kappa shape index (κ1) is 14.8. The number of carbonyl (C=O) groups excluding carboxylic acids is 1. The zero-order valence-electron chi connectivity index (χ0n) is 12.2. The van der Waals surface area contributed by atoms with Crippen molar-refractivity contribution < 1.29 is 14.3 Å². The summed E-state index contributed by atoms with van der Waals surface area (Å²) in [6.07, 6.45) is 2.88. The molecule has 0 spiro atoms. The lowest BCUT2D eigenvalue weighted by Gasteiger charge is -2.39. The maximum atomic E-state index is 11.9. The fraction of sp³-hybridized carbons (Fsp3) is 0.929. The van der Waals surface area contributed by atoms with Crippen molar-refractivity contribution in [3.05, 3.63) is 0 Å². The molecule has 2 rings (SSSR count). The van der Waals surface area contributed by atoms with Crippen molar-refractivity contribution in [2.45, 2.75) is 63.8 Å². The standard InChI is InChI=1S/C14H26N2O3/c1-4-18-13(17)14(15)6-5-12(7-14)16-8-10(2)19-11(3)9-16/h10-12H,4-9,15H2,1-3H3. The number of esters is 1. The van der Waals surface area contributed by atoms with Crippen molar-refractivity contribution >= 4 is 5.97 Å². The Bertz CT molecular complexity index is 327. The minimum Gasteiger partial charge on any atom is -0.465 e. The molecule has 0 radical (unpaired) electrons. The van der Waals surface area contributed by atoms with E-state index in [2.05, 4.69) is 18.7 Å². The molecule has 1 heterocycles. The van der Waals surface area contributed by atoms with Gasteiger partial charge in [0.1, 0.15) is 5.54 Å². The van der Waals surface area contributed by atoms with Crippen molar-refractivity contribution in [1.29, 1.82) is 0 Å². The summed E-state index contributed by atoms with van der Waals surface area (Å²) in [6, 6.07) is 0.378. The minimum atomic E-state index is -0.786. The summed E-state index contributed by atoms with van der Waals surface area (Å²) in [7, 11) is 0. The van der Waals surface area contributed by atoms with Gasteiger partial charge in [-0.2, -0.15) is 0 Å². The predicted molar refractivity (Wildman–Crippen MR) is 72.8 cm³/mol. The SMILES string of the molecule is CCOC(=O)C1(N)CCC(N2CC(C)OC(C)C2)C1. The van der Waals surface area contributed by atoms with E-state index < -0.39 is 5.54 Å². The Morgan fingerprint density at radius 1 is 1.42 bits per heavy atom. The second kappa shape index (κ2) is 5.77. The first-order valence-electron chi connectivity index (χ1n) is 7.30. The van der Waals surface area contributed by atoms with Gasteiger partial charge in [0.25, 0.3) is 0 Å². The molecule has 0 aromatic heterocycles. The summed E-state index contributed by atoms with van der Waals surface area (Å²) in [4.78, 5) is 14.4. The molecule has 0 amide bonds. The van der Waals surface area contributed by atoms with Crippen LogP contribution < -0.4 is 5.73 Å². The van der Waals surface area contributed by atoms with Crippen molar-refractivity contribution in [2.24, 2.45) is 5.73 Å². The van der Waals surface area contributed by atoms with Gasteiger partial charge in [-0.05, 0) is 40.0 Å². The zero-order valence-corrected chi connectivity index (χ0v) is 12.2. The van der Waals surface area contributed by atoms with E-state index >= 15 is 0 Å². The fourth-order valence-electron chi connectivity index (χ4n) is 3.34. The maximum absolute atomic E-state index is 11.9. The highest BCUT2D eigenvalue weighted by Crippen LogP contribution is 2.33. The van der Waals surface area contributed by atoms with Crippen molar-refractivity contribution in [3.63, 3.8) is 0 Å². The van der Waals surface area contributed by atoms with Crippen LogP contribution in [0.5, 0.6) is 0 Å². The Hall–Kier alpha value is -0.650. The molecule has 1 saturated carbocycles. The van der Waals surface area contributed by atoms with Crippen LogP contribution >= 0.6 is 0 Å². The predicted octanol–water partition coefficient (Wildman–Crippen LogP) is 0.909. The average molecular weight is 270 g/mol. The minimum absolute atomic E-state index is 0.244. The third kappa shape index (κ3) is 3.27. The quantitative estimate of drug-likeness (QED) is 0.772. The van der Waals surface area contributed by atoms with Crippen LogP contribution in [0, 0.1) is 0 Å². The monoisotopic (exact) mass is 270 g/mol. The van der Waals surface area contributed by atoms with E-state index in [9.17, 15) is 4.79 Å². The van der Waals surface area contributed by atoms with Gasteiger partial charge < -0.3 is 15.2 Å². The number of nitrogens with zero attached hydrogens (tertiary/aromatic N) is 1. The average Bonchev–Trinajstić information content (AvgIpc) is 2.72. The third-order valence-corrected chi connectivity index (χ3v) is 4.17. The zero-order chi connectivity index (χ0) is 14.0. The third-order valence-electron chi connectivity index (χ3n) is 4.17. The molecule has 2 aliphatic rings. The summed E-state index contributed by atoms with van der Waals surface area (Å²) >= 11 is 0. The molecule has 0 aromatic carbocycles. The highest BCUT2D eigenvalue weighted by molar-refractivity contribution is 5.81.